The molecule has 0 bridgehead atoms. The van der Waals surface area contributed by atoms with Gasteiger partial charge in [0.25, 0.3) is 0 Å². The molecular formula is C24H26N2O3S. The zero-order valence-electron chi connectivity index (χ0n) is 17.5. The Balaban J connectivity index is 1.59. The topological polar surface area (TPSA) is 66.5 Å². The highest BCUT2D eigenvalue weighted by Gasteiger charge is 2.22. The number of carbonyl (C=O) groups excluding carboxylic acids is 1. The summed E-state index contributed by atoms with van der Waals surface area (Å²) in [4.78, 5) is 12.8. The van der Waals surface area contributed by atoms with Crippen LogP contribution in [0, 0.1) is 0 Å². The predicted octanol–water partition coefficient (Wildman–Crippen LogP) is 4.47. The Morgan fingerprint density at radius 2 is 1.67 bits per heavy atom. The molecule has 6 heteroatoms. The summed E-state index contributed by atoms with van der Waals surface area (Å²) in [6.07, 6.45) is 3.15. The number of hydrogen-bond donors (Lipinski definition) is 1. The van der Waals surface area contributed by atoms with E-state index in [0.717, 1.165) is 34.4 Å². The fourth-order valence-electron chi connectivity index (χ4n) is 4.10. The van der Waals surface area contributed by atoms with Crippen molar-refractivity contribution in [3.05, 3.63) is 71.3 Å². The molecule has 5 nitrogen and oxygen atoms in total. The van der Waals surface area contributed by atoms with Crippen LogP contribution in [0.2, 0.25) is 0 Å². The molecule has 3 aromatic carbocycles. The molecule has 1 aliphatic rings. The lowest BCUT2D eigenvalue weighted by Crippen LogP contribution is -2.37. The van der Waals surface area contributed by atoms with Crippen LogP contribution < -0.4 is 9.62 Å². The van der Waals surface area contributed by atoms with E-state index in [4.69, 9.17) is 0 Å². The summed E-state index contributed by atoms with van der Waals surface area (Å²) >= 11 is 0. The van der Waals surface area contributed by atoms with Crippen LogP contribution in [0.3, 0.4) is 0 Å². The Bertz CT molecular complexity index is 1200. The molecule has 0 saturated carbocycles. The van der Waals surface area contributed by atoms with E-state index in [9.17, 15) is 13.2 Å². The van der Waals surface area contributed by atoms with Crippen molar-refractivity contribution >= 4 is 38.1 Å². The summed E-state index contributed by atoms with van der Waals surface area (Å²) in [6.45, 7) is 3.88. The molecule has 0 aromatic heterocycles. The fraction of sp³-hybridized carbons (Fsp3) is 0.292. The molecule has 156 valence electrons. The van der Waals surface area contributed by atoms with Gasteiger partial charge in [-0.2, -0.15) is 0 Å². The Morgan fingerprint density at radius 3 is 2.30 bits per heavy atom. The number of anilines is 2. The third-order valence-corrected chi connectivity index (χ3v) is 6.83. The minimum absolute atomic E-state index is 0.275. The Kier molecular flexibility index (Phi) is 5.28. The minimum Gasteiger partial charge on any atom is -0.324 e. The molecular weight excluding hydrogens is 396 g/mol. The molecule has 0 radical (unpaired) electrons. The maximum Gasteiger partial charge on any atom is 0.245 e. The van der Waals surface area contributed by atoms with Gasteiger partial charge in [0.05, 0.1) is 11.9 Å². The molecule has 1 aliphatic carbocycles. The number of nitrogens with one attached hydrogen (secondary N) is 1. The van der Waals surface area contributed by atoms with Crippen molar-refractivity contribution in [3.8, 4) is 0 Å². The van der Waals surface area contributed by atoms with E-state index in [-0.39, 0.29) is 12.5 Å². The SMILES string of the molecule is CC(C)c1ccc(N(CC(=O)Nc2ccc3c4c(cccc24)CC3)S(C)(=O)=O)cc1. The van der Waals surface area contributed by atoms with E-state index in [1.54, 1.807) is 12.1 Å². The average molecular weight is 423 g/mol. The quantitative estimate of drug-likeness (QED) is 0.637. The first-order valence-electron chi connectivity index (χ1n) is 10.1. The maximum absolute atomic E-state index is 12.8. The van der Waals surface area contributed by atoms with Gasteiger partial charge < -0.3 is 5.32 Å². The molecule has 1 amide bonds. The van der Waals surface area contributed by atoms with Crippen molar-refractivity contribution < 1.29 is 13.2 Å². The summed E-state index contributed by atoms with van der Waals surface area (Å²) in [5.41, 5.74) is 4.90. The summed E-state index contributed by atoms with van der Waals surface area (Å²) in [5, 5.41) is 5.13. The Morgan fingerprint density at radius 1 is 1.00 bits per heavy atom. The van der Waals surface area contributed by atoms with Crippen LogP contribution in [0.4, 0.5) is 11.4 Å². The molecule has 3 aromatic rings. The largest absolute Gasteiger partial charge is 0.324 e. The molecule has 0 fully saturated rings. The van der Waals surface area contributed by atoms with Crippen LogP contribution in [0.15, 0.2) is 54.6 Å². The molecule has 1 N–H and O–H groups in total. The molecule has 0 atom stereocenters. The van der Waals surface area contributed by atoms with Gasteiger partial charge >= 0.3 is 0 Å². The van der Waals surface area contributed by atoms with Gasteiger partial charge in [0.2, 0.25) is 15.9 Å². The van der Waals surface area contributed by atoms with E-state index >= 15 is 0 Å². The zero-order chi connectivity index (χ0) is 21.5. The van der Waals surface area contributed by atoms with Crippen LogP contribution in [0.5, 0.6) is 0 Å². The minimum atomic E-state index is -3.61. The molecule has 0 aliphatic heterocycles. The number of rotatable bonds is 6. The molecule has 0 unspecified atom stereocenters. The van der Waals surface area contributed by atoms with Crippen LogP contribution in [-0.2, 0) is 27.7 Å². The van der Waals surface area contributed by atoms with E-state index in [1.807, 2.05) is 36.4 Å². The second-order valence-electron chi connectivity index (χ2n) is 8.18. The van der Waals surface area contributed by atoms with E-state index in [2.05, 4.69) is 25.2 Å². The molecule has 0 saturated heterocycles. The third-order valence-electron chi connectivity index (χ3n) is 5.69. The smallest absolute Gasteiger partial charge is 0.245 e. The van der Waals surface area contributed by atoms with Crippen LogP contribution in [-0.4, -0.2) is 27.1 Å². The summed E-state index contributed by atoms with van der Waals surface area (Å²) in [5.74, 6) is -0.0233. The molecule has 30 heavy (non-hydrogen) atoms. The van der Waals surface area contributed by atoms with Crippen molar-refractivity contribution in [3.63, 3.8) is 0 Å². The molecule has 4 rings (SSSR count). The third kappa shape index (κ3) is 3.92. The van der Waals surface area contributed by atoms with Gasteiger partial charge in [-0.3, -0.25) is 9.10 Å². The Hall–Kier alpha value is -2.86. The lowest BCUT2D eigenvalue weighted by atomic mass is 10.0. The normalized spacial score (nSPS) is 13.1. The number of hydrogen-bond acceptors (Lipinski definition) is 3. The van der Waals surface area contributed by atoms with Crippen molar-refractivity contribution in [2.24, 2.45) is 0 Å². The predicted molar refractivity (Wildman–Crippen MR) is 123 cm³/mol. The van der Waals surface area contributed by atoms with Crippen molar-refractivity contribution in [1.82, 2.24) is 0 Å². The van der Waals surface area contributed by atoms with Gasteiger partial charge in [0, 0.05) is 11.1 Å². The van der Waals surface area contributed by atoms with Crippen molar-refractivity contribution in [2.75, 3.05) is 22.4 Å². The van der Waals surface area contributed by atoms with Crippen molar-refractivity contribution in [2.45, 2.75) is 32.6 Å². The summed E-state index contributed by atoms with van der Waals surface area (Å²) < 4.78 is 25.9. The first-order valence-corrected chi connectivity index (χ1v) is 12.0. The van der Waals surface area contributed by atoms with Gasteiger partial charge in [0.1, 0.15) is 6.54 Å². The van der Waals surface area contributed by atoms with Crippen LogP contribution in [0.25, 0.3) is 10.8 Å². The van der Waals surface area contributed by atoms with Crippen LogP contribution >= 0.6 is 0 Å². The lowest BCUT2D eigenvalue weighted by molar-refractivity contribution is -0.114. The first kappa shape index (κ1) is 20.4. The van der Waals surface area contributed by atoms with Gasteiger partial charge in [-0.25, -0.2) is 8.42 Å². The first-order chi connectivity index (χ1) is 14.2. The average Bonchev–Trinajstić information content (AvgIpc) is 3.12. The van der Waals surface area contributed by atoms with E-state index in [0.29, 0.717) is 17.3 Å². The second-order valence-corrected chi connectivity index (χ2v) is 10.1. The summed E-state index contributed by atoms with van der Waals surface area (Å²) in [7, 11) is -3.61. The summed E-state index contributed by atoms with van der Waals surface area (Å²) in [6, 6.07) is 17.4. The lowest BCUT2D eigenvalue weighted by Gasteiger charge is -2.22. The zero-order valence-corrected chi connectivity index (χ0v) is 18.3. The highest BCUT2D eigenvalue weighted by Crippen LogP contribution is 2.35. The van der Waals surface area contributed by atoms with E-state index in [1.165, 1.54) is 16.5 Å². The van der Waals surface area contributed by atoms with Crippen LogP contribution in [0.1, 0.15) is 36.5 Å². The number of nitrogens with zero attached hydrogens (tertiary/aromatic N) is 1. The number of benzene rings is 3. The van der Waals surface area contributed by atoms with Crippen molar-refractivity contribution in [1.29, 1.82) is 0 Å². The van der Waals surface area contributed by atoms with Gasteiger partial charge in [-0.15, -0.1) is 0 Å². The highest BCUT2D eigenvalue weighted by atomic mass is 32.2. The standard InChI is InChI=1S/C24H26N2O3S/c1-16(2)17-9-12-20(13-10-17)26(30(3,28)29)15-23(27)25-22-14-11-19-8-7-18-5-4-6-21(22)24(18)19/h4-6,9-14,16H,7-8,15H2,1-3H3,(H,25,27). The number of carbonyl (C=O) groups is 1. The number of sulfonamides is 1. The number of aryl methyl sites for hydroxylation is 2. The fourth-order valence-corrected chi connectivity index (χ4v) is 4.96. The molecule has 0 spiro atoms. The molecule has 0 heterocycles. The van der Waals surface area contributed by atoms with Gasteiger partial charge in [-0.1, -0.05) is 50.2 Å². The van der Waals surface area contributed by atoms with E-state index < -0.39 is 10.0 Å². The maximum atomic E-state index is 12.8. The van der Waals surface area contributed by atoms with Gasteiger partial charge in [0.15, 0.2) is 0 Å². The monoisotopic (exact) mass is 422 g/mol. The van der Waals surface area contributed by atoms with Gasteiger partial charge in [-0.05, 0) is 59.0 Å². The Labute approximate surface area is 177 Å². The highest BCUT2D eigenvalue weighted by molar-refractivity contribution is 7.92. The second kappa shape index (κ2) is 7.76. The number of amides is 1.